The fourth-order valence-electron chi connectivity index (χ4n) is 2.04. The monoisotopic (exact) mass is 297 g/mol. The van der Waals surface area contributed by atoms with Crippen LogP contribution in [0.5, 0.6) is 5.75 Å². The molecule has 106 valence electrons. The highest BCUT2D eigenvalue weighted by atomic mass is 32.2. The molecule has 0 fully saturated rings. The van der Waals surface area contributed by atoms with Crippen molar-refractivity contribution in [1.82, 2.24) is 9.97 Å². The van der Waals surface area contributed by atoms with Crippen molar-refractivity contribution in [2.24, 2.45) is 0 Å². The molecule has 0 atom stereocenters. The van der Waals surface area contributed by atoms with Gasteiger partial charge in [-0.05, 0) is 36.4 Å². The Bertz CT molecular complexity index is 759. The molecule has 0 radical (unpaired) electrons. The molecule has 0 saturated heterocycles. The van der Waals surface area contributed by atoms with Crippen LogP contribution >= 0.6 is 11.8 Å². The minimum absolute atomic E-state index is 0.533. The van der Waals surface area contributed by atoms with E-state index in [-0.39, 0.29) is 0 Å². The first-order valence-corrected chi connectivity index (χ1v) is 7.53. The second-order valence-corrected chi connectivity index (χ2v) is 5.56. The maximum Gasteiger partial charge on any atom is 0.141 e. The SMILES string of the molecule is COc1ccc(SCc2nc(N)c3ccccc3n2)cc1. The van der Waals surface area contributed by atoms with E-state index in [1.54, 1.807) is 18.9 Å². The Balaban J connectivity index is 1.78. The summed E-state index contributed by atoms with van der Waals surface area (Å²) >= 11 is 1.67. The molecule has 4 nitrogen and oxygen atoms in total. The number of anilines is 1. The van der Waals surface area contributed by atoms with Crippen LogP contribution in [0.1, 0.15) is 5.82 Å². The number of hydrogen-bond acceptors (Lipinski definition) is 5. The first-order chi connectivity index (χ1) is 10.3. The molecule has 1 aromatic heterocycles. The van der Waals surface area contributed by atoms with Crippen molar-refractivity contribution in [3.63, 3.8) is 0 Å². The number of benzene rings is 2. The first-order valence-electron chi connectivity index (χ1n) is 6.54. The summed E-state index contributed by atoms with van der Waals surface area (Å²) in [4.78, 5) is 10.1. The van der Waals surface area contributed by atoms with Crippen LogP contribution in [0.15, 0.2) is 53.4 Å². The maximum absolute atomic E-state index is 5.99. The molecular formula is C16H15N3OS. The standard InChI is InChI=1S/C16H15N3OS/c1-20-11-6-8-12(9-7-11)21-10-15-18-14-5-3-2-4-13(14)16(17)19-15/h2-9H,10H2,1H3,(H2,17,18,19). The van der Waals surface area contributed by atoms with Crippen LogP contribution < -0.4 is 10.5 Å². The van der Waals surface area contributed by atoms with E-state index in [1.165, 1.54) is 0 Å². The molecule has 0 amide bonds. The number of aromatic nitrogens is 2. The molecule has 0 bridgehead atoms. The smallest absolute Gasteiger partial charge is 0.141 e. The van der Waals surface area contributed by atoms with Crippen molar-refractivity contribution in [2.45, 2.75) is 10.6 Å². The lowest BCUT2D eigenvalue weighted by molar-refractivity contribution is 0.414. The van der Waals surface area contributed by atoms with Crippen LogP contribution in [-0.2, 0) is 5.75 Å². The predicted molar refractivity (Wildman–Crippen MR) is 86.5 cm³/mol. The molecule has 0 spiro atoms. The normalized spacial score (nSPS) is 10.7. The van der Waals surface area contributed by atoms with Crippen molar-refractivity contribution in [3.8, 4) is 5.75 Å². The van der Waals surface area contributed by atoms with Gasteiger partial charge in [-0.3, -0.25) is 0 Å². The number of nitrogens with zero attached hydrogens (tertiary/aromatic N) is 2. The summed E-state index contributed by atoms with van der Waals surface area (Å²) in [5, 5.41) is 0.899. The highest BCUT2D eigenvalue weighted by molar-refractivity contribution is 7.98. The van der Waals surface area contributed by atoms with Gasteiger partial charge in [0.05, 0.1) is 18.4 Å². The van der Waals surface area contributed by atoms with Gasteiger partial charge in [0.1, 0.15) is 17.4 Å². The Morgan fingerprint density at radius 2 is 1.81 bits per heavy atom. The highest BCUT2D eigenvalue weighted by Crippen LogP contribution is 2.25. The number of thioether (sulfide) groups is 1. The number of methoxy groups -OCH3 is 1. The van der Waals surface area contributed by atoms with Crippen LogP contribution in [-0.4, -0.2) is 17.1 Å². The van der Waals surface area contributed by atoms with Crippen molar-refractivity contribution in [2.75, 3.05) is 12.8 Å². The summed E-state index contributed by atoms with van der Waals surface area (Å²) in [6.45, 7) is 0. The van der Waals surface area contributed by atoms with Crippen molar-refractivity contribution in [1.29, 1.82) is 0 Å². The molecule has 2 N–H and O–H groups in total. The van der Waals surface area contributed by atoms with Crippen LogP contribution in [0, 0.1) is 0 Å². The summed E-state index contributed by atoms with van der Waals surface area (Å²) in [7, 11) is 1.66. The predicted octanol–water partition coefficient (Wildman–Crippen LogP) is 3.51. The lowest BCUT2D eigenvalue weighted by atomic mass is 10.2. The lowest BCUT2D eigenvalue weighted by Crippen LogP contribution is -1.99. The zero-order valence-corrected chi connectivity index (χ0v) is 12.4. The zero-order valence-electron chi connectivity index (χ0n) is 11.6. The highest BCUT2D eigenvalue weighted by Gasteiger charge is 2.05. The fraction of sp³-hybridized carbons (Fsp3) is 0.125. The van der Waals surface area contributed by atoms with Gasteiger partial charge >= 0.3 is 0 Å². The minimum atomic E-state index is 0.533. The molecule has 3 rings (SSSR count). The average molecular weight is 297 g/mol. The van der Waals surface area contributed by atoms with E-state index in [2.05, 4.69) is 9.97 Å². The molecule has 5 heteroatoms. The third-order valence-corrected chi connectivity index (χ3v) is 4.11. The number of fused-ring (bicyclic) bond motifs is 1. The van der Waals surface area contributed by atoms with Crippen LogP contribution in [0.2, 0.25) is 0 Å². The van der Waals surface area contributed by atoms with Crippen molar-refractivity contribution in [3.05, 3.63) is 54.4 Å². The molecule has 0 aliphatic carbocycles. The Kier molecular flexibility index (Phi) is 3.92. The topological polar surface area (TPSA) is 61.0 Å². The zero-order chi connectivity index (χ0) is 14.7. The number of rotatable bonds is 4. The van der Waals surface area contributed by atoms with Gasteiger partial charge in [0.25, 0.3) is 0 Å². The number of nitrogen functional groups attached to an aromatic ring is 1. The van der Waals surface area contributed by atoms with E-state index in [4.69, 9.17) is 10.5 Å². The quantitative estimate of drug-likeness (QED) is 0.747. The van der Waals surface area contributed by atoms with E-state index < -0.39 is 0 Å². The largest absolute Gasteiger partial charge is 0.497 e. The number of hydrogen-bond donors (Lipinski definition) is 1. The van der Waals surface area contributed by atoms with Gasteiger partial charge in [-0.2, -0.15) is 0 Å². The Morgan fingerprint density at radius 1 is 1.05 bits per heavy atom. The van der Waals surface area contributed by atoms with E-state index in [9.17, 15) is 0 Å². The van der Waals surface area contributed by atoms with E-state index in [0.717, 1.165) is 27.4 Å². The molecule has 3 aromatic rings. The molecule has 21 heavy (non-hydrogen) atoms. The second kappa shape index (κ2) is 6.01. The third kappa shape index (κ3) is 3.08. The van der Waals surface area contributed by atoms with Crippen LogP contribution in [0.25, 0.3) is 10.9 Å². The van der Waals surface area contributed by atoms with Gasteiger partial charge in [-0.1, -0.05) is 12.1 Å². The summed E-state index contributed by atoms with van der Waals surface area (Å²) in [5.41, 5.74) is 6.87. The number of nitrogens with two attached hydrogens (primary N) is 1. The van der Waals surface area contributed by atoms with E-state index in [1.807, 2.05) is 48.5 Å². The van der Waals surface area contributed by atoms with Gasteiger partial charge in [-0.25, -0.2) is 9.97 Å². The van der Waals surface area contributed by atoms with Gasteiger partial charge in [0.2, 0.25) is 0 Å². The molecule has 1 heterocycles. The number of para-hydroxylation sites is 1. The van der Waals surface area contributed by atoms with Gasteiger partial charge in [-0.15, -0.1) is 11.8 Å². The maximum atomic E-state index is 5.99. The molecule has 0 unspecified atom stereocenters. The minimum Gasteiger partial charge on any atom is -0.497 e. The van der Waals surface area contributed by atoms with E-state index in [0.29, 0.717) is 11.6 Å². The van der Waals surface area contributed by atoms with Gasteiger partial charge in [0.15, 0.2) is 0 Å². The summed E-state index contributed by atoms with van der Waals surface area (Å²) in [6.07, 6.45) is 0. The molecule has 0 saturated carbocycles. The Labute approximate surface area is 127 Å². The Morgan fingerprint density at radius 3 is 2.57 bits per heavy atom. The van der Waals surface area contributed by atoms with Gasteiger partial charge in [0, 0.05) is 10.3 Å². The van der Waals surface area contributed by atoms with Crippen LogP contribution in [0.3, 0.4) is 0 Å². The molecule has 0 aliphatic heterocycles. The first kappa shape index (κ1) is 13.7. The number of ether oxygens (including phenoxy) is 1. The fourth-order valence-corrected chi connectivity index (χ4v) is 2.79. The van der Waals surface area contributed by atoms with Gasteiger partial charge < -0.3 is 10.5 Å². The van der Waals surface area contributed by atoms with Crippen molar-refractivity contribution >= 4 is 28.5 Å². The summed E-state index contributed by atoms with van der Waals surface area (Å²) in [6, 6.07) is 15.7. The lowest BCUT2D eigenvalue weighted by Gasteiger charge is -2.06. The average Bonchev–Trinajstić information content (AvgIpc) is 2.53. The van der Waals surface area contributed by atoms with Crippen LogP contribution in [0.4, 0.5) is 5.82 Å². The van der Waals surface area contributed by atoms with E-state index >= 15 is 0 Å². The Hall–Kier alpha value is -2.27. The summed E-state index contributed by atoms with van der Waals surface area (Å²) < 4.78 is 5.15. The third-order valence-electron chi connectivity index (χ3n) is 3.11. The molecule has 0 aliphatic rings. The van der Waals surface area contributed by atoms with Crippen molar-refractivity contribution < 1.29 is 4.74 Å². The summed E-state index contributed by atoms with van der Waals surface area (Å²) in [5.74, 6) is 2.81. The second-order valence-electron chi connectivity index (χ2n) is 4.51. The molecular weight excluding hydrogens is 282 g/mol. The molecule has 2 aromatic carbocycles.